The van der Waals surface area contributed by atoms with Crippen LogP contribution in [0.5, 0.6) is 0 Å². The van der Waals surface area contributed by atoms with Crippen molar-refractivity contribution < 1.29 is 29.0 Å². The summed E-state index contributed by atoms with van der Waals surface area (Å²) in [6.45, 7) is 5.13. The lowest BCUT2D eigenvalue weighted by Gasteiger charge is -2.24. The first-order chi connectivity index (χ1) is 15.3. The molecule has 0 aliphatic carbocycles. The number of hydrogen-bond donors (Lipinski definition) is 3. The maximum atomic E-state index is 13.2. The number of rotatable bonds is 6. The van der Waals surface area contributed by atoms with Crippen molar-refractivity contribution in [3.8, 4) is 0 Å². The zero-order chi connectivity index (χ0) is 23.0. The van der Waals surface area contributed by atoms with Crippen molar-refractivity contribution >= 4 is 23.1 Å². The molecule has 1 unspecified atom stereocenters. The standard InChI is InChI=1S/C24H27N5O3/c1-15-8-6-12-28-19(16(2)26-23(15)28)21(30)18-20(17-9-5-10-25-14-17)29(24(32)22(18)31)13-7-11-27(3)4/h5-6,8-10,12,14,20H,7,11,13H2,1-4H3,(H,30,31)/p+3. The first kappa shape index (κ1) is 21.7. The van der Waals surface area contributed by atoms with Gasteiger partial charge in [0.05, 0.1) is 38.5 Å². The number of nitrogens with one attached hydrogen (secondary N) is 3. The molecule has 8 nitrogen and oxygen atoms in total. The van der Waals surface area contributed by atoms with Gasteiger partial charge in [0.15, 0.2) is 18.2 Å². The largest absolute Gasteiger partial charge is 0.503 e. The van der Waals surface area contributed by atoms with E-state index in [1.165, 1.54) is 4.90 Å². The number of aromatic nitrogens is 3. The highest BCUT2D eigenvalue weighted by atomic mass is 16.3. The van der Waals surface area contributed by atoms with Crippen molar-refractivity contribution in [1.82, 2.24) is 9.88 Å². The maximum absolute atomic E-state index is 13.2. The van der Waals surface area contributed by atoms with Crippen LogP contribution in [0.15, 0.2) is 48.4 Å². The number of aliphatic hydroxyl groups excluding tert-OH is 1. The Hall–Kier alpha value is -3.52. The molecule has 3 aromatic heterocycles. The third kappa shape index (κ3) is 3.67. The molecule has 1 aliphatic heterocycles. The number of aryl methyl sites for hydroxylation is 2. The Labute approximate surface area is 186 Å². The summed E-state index contributed by atoms with van der Waals surface area (Å²) in [5, 5.41) is 11.5. The van der Waals surface area contributed by atoms with Gasteiger partial charge in [-0.2, -0.15) is 4.40 Å². The Morgan fingerprint density at radius 1 is 1.25 bits per heavy atom. The lowest BCUT2D eigenvalue weighted by Crippen LogP contribution is -3.05. The van der Waals surface area contributed by atoms with Crippen LogP contribution in [0, 0.1) is 13.8 Å². The third-order valence-electron chi connectivity index (χ3n) is 5.98. The van der Waals surface area contributed by atoms with Gasteiger partial charge in [-0.3, -0.25) is 9.59 Å². The van der Waals surface area contributed by atoms with E-state index in [1.807, 2.05) is 48.7 Å². The van der Waals surface area contributed by atoms with Gasteiger partial charge in [0.25, 0.3) is 17.3 Å². The molecule has 0 saturated carbocycles. The number of carbonyl (C=O) groups is 2. The van der Waals surface area contributed by atoms with Crippen LogP contribution in [0.4, 0.5) is 0 Å². The average Bonchev–Trinajstić information content (AvgIpc) is 3.23. The molecular weight excluding hydrogens is 406 g/mol. The number of Topliss-reactive ketones (excluding diaryl/α,β-unsaturated/α-hetero) is 1. The molecule has 8 heteroatoms. The summed E-state index contributed by atoms with van der Waals surface area (Å²) >= 11 is 0. The fourth-order valence-corrected chi connectivity index (χ4v) is 4.44. The fraction of sp³-hybridized carbons (Fsp3) is 0.333. The SMILES string of the molecule is Cc1[nH]c2c(C)ccc[n+]2c1C(O)=C1C(=O)C(=O)N(CCC[NH+](C)C)C1c1ccc[nH+]c1. The van der Waals surface area contributed by atoms with Crippen LogP contribution in [0.2, 0.25) is 0 Å². The van der Waals surface area contributed by atoms with Crippen LogP contribution in [-0.4, -0.2) is 53.9 Å². The Morgan fingerprint density at radius 3 is 2.72 bits per heavy atom. The number of ketones is 1. The summed E-state index contributed by atoms with van der Waals surface area (Å²) in [6, 6.07) is 6.90. The second kappa shape index (κ2) is 8.55. The van der Waals surface area contributed by atoms with Gasteiger partial charge in [-0.05, 0) is 25.1 Å². The van der Waals surface area contributed by atoms with Crippen molar-refractivity contribution in [1.29, 1.82) is 0 Å². The second-order valence-corrected chi connectivity index (χ2v) is 8.65. The number of pyridine rings is 2. The van der Waals surface area contributed by atoms with Gasteiger partial charge in [0.1, 0.15) is 5.69 Å². The van der Waals surface area contributed by atoms with Crippen molar-refractivity contribution in [3.05, 3.63) is 70.9 Å². The molecule has 3 aromatic rings. The molecule has 166 valence electrons. The van der Waals surface area contributed by atoms with Gasteiger partial charge < -0.3 is 14.9 Å². The monoisotopic (exact) mass is 436 g/mol. The molecule has 4 heterocycles. The van der Waals surface area contributed by atoms with Crippen molar-refractivity contribution in [2.45, 2.75) is 26.3 Å². The van der Waals surface area contributed by atoms with Crippen molar-refractivity contribution in [3.63, 3.8) is 0 Å². The van der Waals surface area contributed by atoms with E-state index in [0.717, 1.165) is 35.4 Å². The van der Waals surface area contributed by atoms with Crippen LogP contribution in [0.3, 0.4) is 0 Å². The van der Waals surface area contributed by atoms with Gasteiger partial charge in [0, 0.05) is 37.1 Å². The molecule has 1 saturated heterocycles. The summed E-state index contributed by atoms with van der Waals surface area (Å²) in [7, 11) is 4.10. The Bertz CT molecular complexity index is 1210. The first-order valence-electron chi connectivity index (χ1n) is 10.8. The number of aliphatic hydroxyl groups is 1. The number of amides is 1. The van der Waals surface area contributed by atoms with E-state index < -0.39 is 17.7 Å². The summed E-state index contributed by atoms with van der Waals surface area (Å²) in [4.78, 5) is 35.4. The minimum atomic E-state index is -0.657. The Morgan fingerprint density at radius 2 is 2.03 bits per heavy atom. The van der Waals surface area contributed by atoms with Crippen molar-refractivity contribution in [2.24, 2.45) is 0 Å². The predicted octanol–water partition coefficient (Wildman–Crippen LogP) is 0.141. The van der Waals surface area contributed by atoms with Crippen LogP contribution in [0.25, 0.3) is 11.4 Å². The number of H-pyrrole nitrogens is 2. The molecule has 0 spiro atoms. The number of nitrogens with zero attached hydrogens (tertiary/aromatic N) is 2. The maximum Gasteiger partial charge on any atom is 0.295 e. The van der Waals surface area contributed by atoms with Crippen LogP contribution in [0.1, 0.15) is 35.0 Å². The molecule has 0 aromatic carbocycles. The Balaban J connectivity index is 1.88. The van der Waals surface area contributed by atoms with Crippen LogP contribution >= 0.6 is 0 Å². The molecule has 0 bridgehead atoms. The number of aromatic amines is 2. The highest BCUT2D eigenvalue weighted by Gasteiger charge is 2.47. The number of hydrogen-bond acceptors (Lipinski definition) is 3. The van der Waals surface area contributed by atoms with E-state index >= 15 is 0 Å². The van der Waals surface area contributed by atoms with Crippen molar-refractivity contribution in [2.75, 3.05) is 27.2 Å². The molecule has 4 rings (SSSR count). The van der Waals surface area contributed by atoms with Gasteiger partial charge in [-0.1, -0.05) is 0 Å². The van der Waals surface area contributed by atoms with E-state index in [1.54, 1.807) is 17.3 Å². The van der Waals surface area contributed by atoms with Crippen LogP contribution in [-0.2, 0) is 9.59 Å². The smallest absolute Gasteiger partial charge is 0.295 e. The molecule has 1 amide bonds. The van der Waals surface area contributed by atoms with Gasteiger partial charge in [-0.25, -0.2) is 9.97 Å². The summed E-state index contributed by atoms with van der Waals surface area (Å²) in [6.07, 6.45) is 6.13. The average molecular weight is 437 g/mol. The van der Waals surface area contributed by atoms with E-state index in [2.05, 4.69) is 24.1 Å². The topological polar surface area (TPSA) is 96.1 Å². The van der Waals surface area contributed by atoms with Gasteiger partial charge in [-0.15, -0.1) is 0 Å². The second-order valence-electron chi connectivity index (χ2n) is 8.65. The number of carbonyl (C=O) groups excluding carboxylic acids is 2. The van der Waals surface area contributed by atoms with E-state index in [9.17, 15) is 14.7 Å². The minimum absolute atomic E-state index is 0.116. The zero-order valence-electron chi connectivity index (χ0n) is 18.9. The normalized spacial score (nSPS) is 18.3. The van der Waals surface area contributed by atoms with Gasteiger partial charge >= 0.3 is 0 Å². The fourth-order valence-electron chi connectivity index (χ4n) is 4.44. The summed E-state index contributed by atoms with van der Waals surface area (Å²) in [5.41, 5.74) is 3.92. The van der Waals surface area contributed by atoms with Gasteiger partial charge in [0.2, 0.25) is 5.69 Å². The van der Waals surface area contributed by atoms with E-state index in [0.29, 0.717) is 12.2 Å². The zero-order valence-corrected chi connectivity index (χ0v) is 18.9. The summed E-state index contributed by atoms with van der Waals surface area (Å²) < 4.78 is 1.83. The van der Waals surface area contributed by atoms with E-state index in [4.69, 9.17) is 0 Å². The summed E-state index contributed by atoms with van der Waals surface area (Å²) in [5.74, 6) is -1.40. The first-order valence-corrected chi connectivity index (χ1v) is 10.8. The lowest BCUT2D eigenvalue weighted by molar-refractivity contribution is -0.858. The number of fused-ring (bicyclic) bond motifs is 1. The third-order valence-corrected chi connectivity index (χ3v) is 5.98. The molecule has 4 N–H and O–H groups in total. The minimum Gasteiger partial charge on any atom is -0.503 e. The molecular formula is C24H30N5O3+3. The highest BCUT2D eigenvalue weighted by Crippen LogP contribution is 2.38. The quantitative estimate of drug-likeness (QED) is 0.222. The predicted molar refractivity (Wildman–Crippen MR) is 118 cm³/mol. The number of quaternary nitrogens is 1. The highest BCUT2D eigenvalue weighted by molar-refractivity contribution is 6.46. The molecule has 1 aliphatic rings. The molecule has 1 atom stereocenters. The Kier molecular flexibility index (Phi) is 5.80. The molecule has 32 heavy (non-hydrogen) atoms. The van der Waals surface area contributed by atoms with Crippen LogP contribution < -0.4 is 14.3 Å². The lowest BCUT2D eigenvalue weighted by atomic mass is 9.97. The van der Waals surface area contributed by atoms with E-state index in [-0.39, 0.29) is 11.3 Å². The number of likely N-dealkylation sites (tertiary alicyclic amines) is 1. The number of imidazole rings is 1. The molecule has 0 radical (unpaired) electrons. The molecule has 1 fully saturated rings.